The molecule has 3 heterocycles. The van der Waals surface area contributed by atoms with Crippen molar-refractivity contribution in [1.82, 2.24) is 8.87 Å². The molecule has 0 bridgehead atoms. The van der Waals surface area contributed by atoms with Crippen LogP contribution in [-0.4, -0.2) is 73.2 Å². The highest BCUT2D eigenvalue weighted by Gasteiger charge is 2.40. The SMILES string of the molecule is CC(C)c1c(-c2ccccc2)c(S(=O)(=O)N2CCOCC2)c(-c2ccc(F)cc2)n1CC[C@@H]1C[C@H](CC(=O)OC(C)(C)C)OC(C)(C)O1. The van der Waals surface area contributed by atoms with Crippen LogP contribution in [0.4, 0.5) is 4.39 Å². The maximum absolute atomic E-state index is 14.8. The summed E-state index contributed by atoms with van der Waals surface area (Å²) in [4.78, 5) is 12.9. The molecule has 2 fully saturated rings. The fraction of sp³-hybridized carbons (Fsp3) is 0.541. The summed E-state index contributed by atoms with van der Waals surface area (Å²) in [5, 5.41) is 0. The van der Waals surface area contributed by atoms with Crippen LogP contribution < -0.4 is 0 Å². The molecule has 2 aromatic carbocycles. The van der Waals surface area contributed by atoms with Crippen molar-refractivity contribution in [3.63, 3.8) is 0 Å². The van der Waals surface area contributed by atoms with E-state index in [9.17, 15) is 17.6 Å². The van der Waals surface area contributed by atoms with Crippen molar-refractivity contribution in [1.29, 1.82) is 0 Å². The van der Waals surface area contributed by atoms with Gasteiger partial charge in [0.2, 0.25) is 10.0 Å². The Kier molecular flexibility index (Phi) is 10.9. The molecule has 9 nitrogen and oxygen atoms in total. The number of nitrogens with zero attached hydrogens (tertiary/aromatic N) is 2. The van der Waals surface area contributed by atoms with Gasteiger partial charge >= 0.3 is 5.97 Å². The molecule has 1 aromatic heterocycles. The fourth-order valence-electron chi connectivity index (χ4n) is 6.75. The smallest absolute Gasteiger partial charge is 0.308 e. The maximum Gasteiger partial charge on any atom is 0.308 e. The van der Waals surface area contributed by atoms with Crippen LogP contribution in [0, 0.1) is 5.82 Å². The zero-order valence-electron chi connectivity index (χ0n) is 29.1. The van der Waals surface area contributed by atoms with Gasteiger partial charge in [-0.2, -0.15) is 4.31 Å². The minimum atomic E-state index is -4.03. The minimum Gasteiger partial charge on any atom is -0.460 e. The topological polar surface area (TPSA) is 96.3 Å². The quantitative estimate of drug-likeness (QED) is 0.210. The number of ether oxygens (including phenoxy) is 4. The zero-order valence-corrected chi connectivity index (χ0v) is 29.9. The molecule has 5 rings (SSSR count). The lowest BCUT2D eigenvalue weighted by Crippen LogP contribution is -2.46. The second kappa shape index (κ2) is 14.4. The normalized spacial score (nSPS) is 20.6. The number of carbonyl (C=O) groups is 1. The Morgan fingerprint density at radius 3 is 2.21 bits per heavy atom. The lowest BCUT2D eigenvalue weighted by molar-refractivity contribution is -0.301. The average Bonchev–Trinajstić information content (AvgIpc) is 3.36. The van der Waals surface area contributed by atoms with E-state index < -0.39 is 33.3 Å². The van der Waals surface area contributed by atoms with Gasteiger partial charge in [-0.3, -0.25) is 4.79 Å². The fourth-order valence-corrected chi connectivity index (χ4v) is 8.60. The van der Waals surface area contributed by atoms with Crippen LogP contribution in [0.25, 0.3) is 22.4 Å². The molecule has 2 aliphatic heterocycles. The van der Waals surface area contributed by atoms with Gasteiger partial charge in [-0.15, -0.1) is 0 Å². The van der Waals surface area contributed by atoms with Crippen LogP contribution in [0.3, 0.4) is 0 Å². The number of sulfonamides is 1. The molecule has 3 aromatic rings. The van der Waals surface area contributed by atoms with Gasteiger partial charge in [0.1, 0.15) is 16.3 Å². The van der Waals surface area contributed by atoms with Gasteiger partial charge in [0.15, 0.2) is 5.79 Å². The van der Waals surface area contributed by atoms with E-state index in [4.69, 9.17) is 18.9 Å². The van der Waals surface area contributed by atoms with E-state index in [2.05, 4.69) is 18.4 Å². The van der Waals surface area contributed by atoms with Crippen molar-refractivity contribution < 1.29 is 36.6 Å². The third-order valence-corrected chi connectivity index (χ3v) is 10.4. The molecule has 48 heavy (non-hydrogen) atoms. The summed E-state index contributed by atoms with van der Waals surface area (Å²) in [6.07, 6.45) is 0.395. The number of rotatable bonds is 10. The lowest BCUT2D eigenvalue weighted by Gasteiger charge is -2.41. The van der Waals surface area contributed by atoms with Gasteiger partial charge in [0, 0.05) is 37.3 Å². The van der Waals surface area contributed by atoms with Gasteiger partial charge in [0.25, 0.3) is 0 Å². The summed E-state index contributed by atoms with van der Waals surface area (Å²) in [6, 6.07) is 15.6. The van der Waals surface area contributed by atoms with Gasteiger partial charge in [-0.1, -0.05) is 44.2 Å². The molecule has 0 aliphatic carbocycles. The number of carbonyl (C=O) groups excluding carboxylic acids is 1. The first-order valence-electron chi connectivity index (χ1n) is 16.8. The molecule has 11 heteroatoms. The van der Waals surface area contributed by atoms with Crippen LogP contribution in [0.15, 0.2) is 59.5 Å². The van der Waals surface area contributed by atoms with Crippen LogP contribution in [0.2, 0.25) is 0 Å². The third-order valence-electron chi connectivity index (χ3n) is 8.47. The zero-order chi connectivity index (χ0) is 34.9. The van der Waals surface area contributed by atoms with Crippen LogP contribution in [0.1, 0.15) is 79.3 Å². The molecule has 262 valence electrons. The highest BCUT2D eigenvalue weighted by Crippen LogP contribution is 2.46. The van der Waals surface area contributed by atoms with E-state index in [1.54, 1.807) is 12.1 Å². The first-order chi connectivity index (χ1) is 22.6. The second-order valence-electron chi connectivity index (χ2n) is 14.3. The predicted molar refractivity (Wildman–Crippen MR) is 182 cm³/mol. The summed E-state index contributed by atoms with van der Waals surface area (Å²) in [7, 11) is -4.03. The standard InChI is InChI=1S/C37H49FN2O7S/c1-25(2)33-32(26-11-9-8-10-12-26)35(48(42,43)39-19-21-44-22-20-39)34(27-13-15-28(38)16-14-27)40(33)18-17-29-23-30(46-37(6,7)45-29)24-31(41)47-36(3,4)5/h8-16,25,29-30H,17-24H2,1-7H3/t29-,30-/m1/s1. The Morgan fingerprint density at radius 1 is 0.979 bits per heavy atom. The molecule has 0 radical (unpaired) electrons. The molecule has 0 N–H and O–H groups in total. The molecule has 0 unspecified atom stereocenters. The largest absolute Gasteiger partial charge is 0.460 e. The Hall–Kier alpha value is -3.09. The van der Waals surface area contributed by atoms with Crippen molar-refractivity contribution in [3.8, 4) is 22.4 Å². The van der Waals surface area contributed by atoms with Crippen molar-refractivity contribution in [2.24, 2.45) is 0 Å². The Bertz CT molecular complexity index is 1670. The van der Waals surface area contributed by atoms with E-state index in [0.29, 0.717) is 49.4 Å². The van der Waals surface area contributed by atoms with Crippen molar-refractivity contribution in [2.45, 2.75) is 109 Å². The van der Waals surface area contributed by atoms with Gasteiger partial charge < -0.3 is 23.5 Å². The van der Waals surface area contributed by atoms with Gasteiger partial charge in [-0.05, 0) is 82.3 Å². The van der Waals surface area contributed by atoms with E-state index in [1.165, 1.54) is 16.4 Å². The van der Waals surface area contributed by atoms with E-state index >= 15 is 0 Å². The molecule has 0 amide bonds. The lowest BCUT2D eigenvalue weighted by atomic mass is 9.99. The van der Waals surface area contributed by atoms with E-state index in [-0.39, 0.29) is 42.4 Å². The number of halogens is 1. The summed E-state index contributed by atoms with van der Waals surface area (Å²) in [5.41, 5.74) is 2.81. The third kappa shape index (κ3) is 8.37. The van der Waals surface area contributed by atoms with Gasteiger partial charge in [-0.25, -0.2) is 12.8 Å². The van der Waals surface area contributed by atoms with Crippen LogP contribution in [-0.2, 0) is 40.3 Å². The monoisotopic (exact) mass is 684 g/mol. The first-order valence-corrected chi connectivity index (χ1v) is 18.2. The number of esters is 1. The highest BCUT2D eigenvalue weighted by atomic mass is 32.2. The minimum absolute atomic E-state index is 0.0694. The Labute approximate surface area is 284 Å². The molecule has 2 aliphatic rings. The van der Waals surface area contributed by atoms with Crippen LogP contribution >= 0.6 is 0 Å². The van der Waals surface area contributed by atoms with Crippen molar-refractivity contribution in [3.05, 3.63) is 66.1 Å². The molecule has 2 saturated heterocycles. The number of benzene rings is 2. The summed E-state index contributed by atoms with van der Waals surface area (Å²) < 4.78 is 71.0. The average molecular weight is 685 g/mol. The number of morpholine rings is 1. The number of aromatic nitrogens is 1. The molecular weight excluding hydrogens is 635 g/mol. The van der Waals surface area contributed by atoms with Crippen molar-refractivity contribution in [2.75, 3.05) is 26.3 Å². The molecule has 0 saturated carbocycles. The predicted octanol–water partition coefficient (Wildman–Crippen LogP) is 7.14. The summed E-state index contributed by atoms with van der Waals surface area (Å²) >= 11 is 0. The Balaban J connectivity index is 1.62. The number of hydrogen-bond donors (Lipinski definition) is 0. The Morgan fingerprint density at radius 2 is 1.60 bits per heavy atom. The van der Waals surface area contributed by atoms with E-state index in [0.717, 1.165) is 11.3 Å². The van der Waals surface area contributed by atoms with Crippen LogP contribution in [0.5, 0.6) is 0 Å². The van der Waals surface area contributed by atoms with Gasteiger partial charge in [0.05, 0.1) is 37.5 Å². The summed E-state index contributed by atoms with van der Waals surface area (Å²) in [5.74, 6) is -1.75. The number of hydrogen-bond acceptors (Lipinski definition) is 7. The second-order valence-corrected chi connectivity index (χ2v) is 16.2. The maximum atomic E-state index is 14.8. The summed E-state index contributed by atoms with van der Waals surface area (Å²) in [6.45, 7) is 14.8. The van der Waals surface area contributed by atoms with Crippen molar-refractivity contribution >= 4 is 16.0 Å². The first kappa shape index (κ1) is 36.2. The van der Waals surface area contributed by atoms with E-state index in [1.807, 2.05) is 65.0 Å². The molecule has 0 spiro atoms. The highest BCUT2D eigenvalue weighted by molar-refractivity contribution is 7.89. The molecule has 2 atom stereocenters. The molecular formula is C37H49FN2O7S.